The van der Waals surface area contributed by atoms with Crippen LogP contribution in [0.3, 0.4) is 0 Å². The van der Waals surface area contributed by atoms with Crippen molar-refractivity contribution in [3.63, 3.8) is 0 Å². The van der Waals surface area contributed by atoms with Gasteiger partial charge in [-0.15, -0.1) is 0 Å². The Labute approximate surface area is 72.3 Å². The molecule has 0 unspecified atom stereocenters. The molecule has 1 aliphatic rings. The van der Waals surface area contributed by atoms with E-state index in [2.05, 4.69) is 0 Å². The predicted octanol–water partition coefficient (Wildman–Crippen LogP) is 1.03. The third-order valence-corrected chi connectivity index (χ3v) is 3.72. The molecule has 1 fully saturated rings. The summed E-state index contributed by atoms with van der Waals surface area (Å²) in [7, 11) is -4.05. The molecular formula is C7H16NO3P. The van der Waals surface area contributed by atoms with Crippen molar-refractivity contribution >= 4 is 7.60 Å². The Morgan fingerprint density at radius 2 is 1.75 bits per heavy atom. The summed E-state index contributed by atoms with van der Waals surface area (Å²) in [6.45, 7) is 0. The summed E-state index contributed by atoms with van der Waals surface area (Å²) >= 11 is 0. The molecule has 1 saturated carbocycles. The van der Waals surface area contributed by atoms with Gasteiger partial charge in [-0.25, -0.2) is 0 Å². The molecule has 0 aromatic heterocycles. The van der Waals surface area contributed by atoms with Crippen LogP contribution in [0, 0.1) is 5.92 Å². The molecule has 0 aromatic carbocycles. The summed E-state index contributed by atoms with van der Waals surface area (Å²) in [4.78, 5) is 17.6. The maximum Gasteiger partial charge on any atom is 0.342 e. The van der Waals surface area contributed by atoms with E-state index >= 15 is 0 Å². The van der Waals surface area contributed by atoms with E-state index in [1.54, 1.807) is 0 Å². The lowest BCUT2D eigenvalue weighted by atomic mass is 9.89. The van der Waals surface area contributed by atoms with Gasteiger partial charge in [0.25, 0.3) is 0 Å². The highest BCUT2D eigenvalue weighted by atomic mass is 31.2. The molecule has 0 saturated heterocycles. The molecular weight excluding hydrogens is 177 g/mol. The Balaban J connectivity index is 2.51. The molecule has 0 radical (unpaired) electrons. The summed E-state index contributed by atoms with van der Waals surface area (Å²) in [6, 6.07) is 0. The summed E-state index contributed by atoms with van der Waals surface area (Å²) < 4.78 is 10.8. The fourth-order valence-corrected chi connectivity index (χ4v) is 2.60. The van der Waals surface area contributed by atoms with Gasteiger partial charge in [-0.05, 0) is 18.8 Å². The molecule has 0 aromatic rings. The van der Waals surface area contributed by atoms with Crippen LogP contribution in [-0.2, 0) is 4.57 Å². The molecule has 12 heavy (non-hydrogen) atoms. The molecule has 0 amide bonds. The molecule has 5 heteroatoms. The first-order chi connectivity index (χ1) is 5.52. The SMILES string of the molecule is N[C@H](C1CCCCC1)P(=O)(O)O. The zero-order valence-corrected chi connectivity index (χ0v) is 7.91. The second-order valence-electron chi connectivity index (χ2n) is 3.48. The smallest absolute Gasteiger partial charge is 0.323 e. The summed E-state index contributed by atoms with van der Waals surface area (Å²) in [6.07, 6.45) is 5.01. The van der Waals surface area contributed by atoms with Crippen LogP contribution >= 0.6 is 7.60 Å². The summed E-state index contributed by atoms with van der Waals surface area (Å²) in [5, 5.41) is 0. The van der Waals surface area contributed by atoms with E-state index in [4.69, 9.17) is 15.5 Å². The molecule has 0 bridgehead atoms. The van der Waals surface area contributed by atoms with E-state index in [0.717, 1.165) is 25.7 Å². The predicted molar refractivity (Wildman–Crippen MR) is 46.6 cm³/mol. The average molecular weight is 193 g/mol. The van der Waals surface area contributed by atoms with Gasteiger partial charge < -0.3 is 15.5 Å². The molecule has 1 aliphatic carbocycles. The topological polar surface area (TPSA) is 83.6 Å². The van der Waals surface area contributed by atoms with Crippen molar-refractivity contribution < 1.29 is 14.4 Å². The van der Waals surface area contributed by atoms with Gasteiger partial charge in [0, 0.05) is 0 Å². The molecule has 4 N–H and O–H groups in total. The zero-order chi connectivity index (χ0) is 9.19. The van der Waals surface area contributed by atoms with E-state index < -0.39 is 13.4 Å². The Kier molecular flexibility index (Phi) is 3.29. The van der Waals surface area contributed by atoms with Gasteiger partial charge in [-0.2, -0.15) is 0 Å². The Morgan fingerprint density at radius 3 is 2.17 bits per heavy atom. The third kappa shape index (κ3) is 2.56. The highest BCUT2D eigenvalue weighted by Crippen LogP contribution is 2.45. The average Bonchev–Trinajstić information content (AvgIpc) is 2.03. The Morgan fingerprint density at radius 1 is 1.25 bits per heavy atom. The first-order valence-corrected chi connectivity index (χ1v) is 6.01. The lowest BCUT2D eigenvalue weighted by molar-refractivity contribution is 0.292. The van der Waals surface area contributed by atoms with E-state index in [1.807, 2.05) is 0 Å². The maximum atomic E-state index is 10.8. The van der Waals surface area contributed by atoms with Crippen molar-refractivity contribution in [3.05, 3.63) is 0 Å². The first kappa shape index (κ1) is 10.2. The molecule has 1 atom stereocenters. The number of rotatable bonds is 2. The summed E-state index contributed by atoms with van der Waals surface area (Å²) in [5.74, 6) is -0.905. The van der Waals surface area contributed by atoms with Crippen LogP contribution < -0.4 is 5.73 Å². The Hall–Kier alpha value is 0.110. The third-order valence-electron chi connectivity index (χ3n) is 2.52. The van der Waals surface area contributed by atoms with Crippen LogP contribution in [-0.4, -0.2) is 15.6 Å². The quantitative estimate of drug-likeness (QED) is 0.572. The van der Waals surface area contributed by atoms with Gasteiger partial charge in [0.1, 0.15) is 5.78 Å². The number of hydrogen-bond donors (Lipinski definition) is 3. The molecule has 0 spiro atoms. The van der Waals surface area contributed by atoms with Crippen LogP contribution in [0.15, 0.2) is 0 Å². The van der Waals surface area contributed by atoms with Gasteiger partial charge in [0.05, 0.1) is 0 Å². The van der Waals surface area contributed by atoms with Crippen LogP contribution in [0.25, 0.3) is 0 Å². The largest absolute Gasteiger partial charge is 0.342 e. The number of nitrogens with two attached hydrogens (primary N) is 1. The fourth-order valence-electron chi connectivity index (χ4n) is 1.75. The standard InChI is InChI=1S/C7H16NO3P/c8-7(12(9,10)11)6-4-2-1-3-5-6/h6-7H,1-5,8H2,(H2,9,10,11)/t7-/m0/s1. The first-order valence-electron chi connectivity index (χ1n) is 4.32. The minimum atomic E-state index is -4.05. The second kappa shape index (κ2) is 3.88. The van der Waals surface area contributed by atoms with Crippen LogP contribution in [0.4, 0.5) is 0 Å². The van der Waals surface area contributed by atoms with E-state index in [9.17, 15) is 4.57 Å². The normalized spacial score (nSPS) is 23.9. The van der Waals surface area contributed by atoms with E-state index in [-0.39, 0.29) is 5.92 Å². The van der Waals surface area contributed by atoms with Crippen molar-refractivity contribution in [2.75, 3.05) is 0 Å². The van der Waals surface area contributed by atoms with Crippen LogP contribution in [0.1, 0.15) is 32.1 Å². The highest BCUT2D eigenvalue weighted by Gasteiger charge is 2.33. The highest BCUT2D eigenvalue weighted by molar-refractivity contribution is 7.52. The monoisotopic (exact) mass is 193 g/mol. The van der Waals surface area contributed by atoms with Crippen molar-refractivity contribution in [3.8, 4) is 0 Å². The number of hydrogen-bond acceptors (Lipinski definition) is 2. The van der Waals surface area contributed by atoms with Gasteiger partial charge >= 0.3 is 7.60 Å². The molecule has 0 aliphatic heterocycles. The van der Waals surface area contributed by atoms with Crippen molar-refractivity contribution in [2.24, 2.45) is 11.7 Å². The van der Waals surface area contributed by atoms with Gasteiger partial charge in [0.2, 0.25) is 0 Å². The summed E-state index contributed by atoms with van der Waals surface area (Å²) in [5.41, 5.74) is 5.46. The molecule has 72 valence electrons. The lowest BCUT2D eigenvalue weighted by Gasteiger charge is -2.27. The Bertz CT molecular complexity index is 185. The molecule has 1 rings (SSSR count). The van der Waals surface area contributed by atoms with Gasteiger partial charge in [0.15, 0.2) is 0 Å². The second-order valence-corrected chi connectivity index (χ2v) is 5.25. The van der Waals surface area contributed by atoms with Gasteiger partial charge in [-0.3, -0.25) is 4.57 Å². The van der Waals surface area contributed by atoms with Gasteiger partial charge in [-0.1, -0.05) is 19.3 Å². The lowest BCUT2D eigenvalue weighted by Crippen LogP contribution is -2.31. The minimum Gasteiger partial charge on any atom is -0.323 e. The maximum absolute atomic E-state index is 10.8. The van der Waals surface area contributed by atoms with Crippen LogP contribution in [0.5, 0.6) is 0 Å². The van der Waals surface area contributed by atoms with Crippen LogP contribution in [0.2, 0.25) is 0 Å². The van der Waals surface area contributed by atoms with Crippen molar-refractivity contribution in [1.82, 2.24) is 0 Å². The van der Waals surface area contributed by atoms with E-state index in [0.29, 0.717) is 0 Å². The van der Waals surface area contributed by atoms with E-state index in [1.165, 1.54) is 6.42 Å². The minimum absolute atomic E-state index is 0.0274. The molecule has 4 nitrogen and oxygen atoms in total. The zero-order valence-electron chi connectivity index (χ0n) is 7.02. The fraction of sp³-hybridized carbons (Fsp3) is 1.00. The van der Waals surface area contributed by atoms with Crippen molar-refractivity contribution in [1.29, 1.82) is 0 Å². The molecule has 0 heterocycles. The van der Waals surface area contributed by atoms with Crippen molar-refractivity contribution in [2.45, 2.75) is 37.9 Å².